The molecule has 2 saturated heterocycles. The Labute approximate surface area is 109 Å². The molecule has 0 radical (unpaired) electrons. The molecule has 2 fully saturated rings. The van der Waals surface area contributed by atoms with E-state index in [4.69, 9.17) is 9.47 Å². The fraction of sp³-hybridized carbons (Fsp3) is 0.929. The van der Waals surface area contributed by atoms with E-state index >= 15 is 0 Å². The van der Waals surface area contributed by atoms with E-state index in [1.807, 2.05) is 20.8 Å². The van der Waals surface area contributed by atoms with Gasteiger partial charge in [0.05, 0.1) is 0 Å². The number of nitrogens with one attached hydrogen (secondary N) is 1. The zero-order chi connectivity index (χ0) is 13.2. The number of esters is 1. The highest BCUT2D eigenvalue weighted by molar-refractivity contribution is 5.76. The van der Waals surface area contributed by atoms with E-state index in [0.717, 1.165) is 45.4 Å². The largest absolute Gasteiger partial charge is 0.459 e. The zero-order valence-corrected chi connectivity index (χ0v) is 11.8. The minimum Gasteiger partial charge on any atom is -0.459 e. The molecule has 4 nitrogen and oxygen atoms in total. The van der Waals surface area contributed by atoms with Gasteiger partial charge in [-0.1, -0.05) is 0 Å². The van der Waals surface area contributed by atoms with Crippen LogP contribution in [0, 0.1) is 5.41 Å². The second-order valence-electron chi connectivity index (χ2n) is 6.61. The molecule has 1 unspecified atom stereocenters. The molecule has 0 aromatic heterocycles. The number of carbonyl (C=O) groups is 1. The quantitative estimate of drug-likeness (QED) is 0.727. The predicted octanol–water partition coefficient (Wildman–Crippen LogP) is 1.88. The topological polar surface area (TPSA) is 47.6 Å². The standard InChI is InChI=1S/C14H25NO3/c1-13(2,3)18-12(16)11-10-14(4-7-15-11)5-8-17-9-6-14/h11,15H,4-10H2,1-3H3. The van der Waals surface area contributed by atoms with Gasteiger partial charge in [-0.2, -0.15) is 0 Å². The van der Waals surface area contributed by atoms with Gasteiger partial charge in [-0.25, -0.2) is 0 Å². The van der Waals surface area contributed by atoms with Crippen molar-refractivity contribution in [1.29, 1.82) is 0 Å². The molecular formula is C14H25NO3. The van der Waals surface area contributed by atoms with E-state index in [1.165, 1.54) is 0 Å². The maximum absolute atomic E-state index is 12.1. The van der Waals surface area contributed by atoms with Gasteiger partial charge in [-0.3, -0.25) is 4.79 Å². The van der Waals surface area contributed by atoms with Crippen molar-refractivity contribution < 1.29 is 14.3 Å². The monoisotopic (exact) mass is 255 g/mol. The van der Waals surface area contributed by atoms with Gasteiger partial charge >= 0.3 is 5.97 Å². The minimum absolute atomic E-state index is 0.104. The van der Waals surface area contributed by atoms with Crippen LogP contribution in [0.3, 0.4) is 0 Å². The molecule has 0 aromatic carbocycles. The van der Waals surface area contributed by atoms with Crippen LogP contribution in [0.25, 0.3) is 0 Å². The van der Waals surface area contributed by atoms with Gasteiger partial charge in [0.2, 0.25) is 0 Å². The van der Waals surface area contributed by atoms with E-state index in [2.05, 4.69) is 5.32 Å². The number of carbonyl (C=O) groups excluding carboxylic acids is 1. The highest BCUT2D eigenvalue weighted by Crippen LogP contribution is 2.40. The van der Waals surface area contributed by atoms with Crippen molar-refractivity contribution in [2.45, 2.75) is 58.1 Å². The summed E-state index contributed by atoms with van der Waals surface area (Å²) in [4.78, 5) is 12.1. The zero-order valence-electron chi connectivity index (χ0n) is 11.8. The first-order chi connectivity index (χ1) is 8.40. The first kappa shape index (κ1) is 13.8. The van der Waals surface area contributed by atoms with Crippen LogP contribution in [0.1, 0.15) is 46.5 Å². The number of hydrogen-bond donors (Lipinski definition) is 1. The predicted molar refractivity (Wildman–Crippen MR) is 69.4 cm³/mol. The normalized spacial score (nSPS) is 28.1. The molecule has 2 heterocycles. The first-order valence-electron chi connectivity index (χ1n) is 6.94. The Morgan fingerprint density at radius 3 is 2.56 bits per heavy atom. The molecule has 0 bridgehead atoms. The van der Waals surface area contributed by atoms with Gasteiger partial charge in [0.25, 0.3) is 0 Å². The van der Waals surface area contributed by atoms with Gasteiger partial charge < -0.3 is 14.8 Å². The number of ether oxygens (including phenoxy) is 2. The minimum atomic E-state index is -0.404. The molecule has 104 valence electrons. The highest BCUT2D eigenvalue weighted by atomic mass is 16.6. The van der Waals surface area contributed by atoms with E-state index in [9.17, 15) is 4.79 Å². The molecule has 1 spiro atoms. The Morgan fingerprint density at radius 1 is 1.28 bits per heavy atom. The van der Waals surface area contributed by atoms with Crippen molar-refractivity contribution in [2.75, 3.05) is 19.8 Å². The molecule has 1 N–H and O–H groups in total. The summed E-state index contributed by atoms with van der Waals surface area (Å²) < 4.78 is 10.9. The van der Waals surface area contributed by atoms with Crippen LogP contribution < -0.4 is 5.32 Å². The fourth-order valence-corrected chi connectivity index (χ4v) is 2.92. The van der Waals surface area contributed by atoms with Crippen LogP contribution in [0.5, 0.6) is 0 Å². The molecule has 0 aromatic rings. The van der Waals surface area contributed by atoms with Gasteiger partial charge in [0.1, 0.15) is 11.6 Å². The van der Waals surface area contributed by atoms with Gasteiger partial charge in [0.15, 0.2) is 0 Å². The molecule has 2 aliphatic rings. The molecule has 18 heavy (non-hydrogen) atoms. The Bertz CT molecular complexity index is 297. The van der Waals surface area contributed by atoms with E-state index < -0.39 is 5.60 Å². The molecule has 0 amide bonds. The SMILES string of the molecule is CC(C)(C)OC(=O)C1CC2(CCN1)CCOCC2. The molecular weight excluding hydrogens is 230 g/mol. The van der Waals surface area contributed by atoms with E-state index in [1.54, 1.807) is 0 Å². The van der Waals surface area contributed by atoms with Crippen molar-refractivity contribution in [3.8, 4) is 0 Å². The fourth-order valence-electron chi connectivity index (χ4n) is 2.92. The van der Waals surface area contributed by atoms with Crippen LogP contribution in [0.2, 0.25) is 0 Å². The van der Waals surface area contributed by atoms with Crippen molar-refractivity contribution >= 4 is 5.97 Å². The van der Waals surface area contributed by atoms with Gasteiger partial charge in [0, 0.05) is 13.2 Å². The van der Waals surface area contributed by atoms with Crippen molar-refractivity contribution in [3.05, 3.63) is 0 Å². The van der Waals surface area contributed by atoms with Crippen molar-refractivity contribution in [2.24, 2.45) is 5.41 Å². The Kier molecular flexibility index (Phi) is 3.97. The second-order valence-corrected chi connectivity index (χ2v) is 6.61. The molecule has 0 saturated carbocycles. The third-order valence-electron chi connectivity index (χ3n) is 3.93. The van der Waals surface area contributed by atoms with E-state index in [0.29, 0.717) is 5.41 Å². The lowest BCUT2D eigenvalue weighted by Crippen LogP contribution is -2.51. The summed E-state index contributed by atoms with van der Waals surface area (Å²) >= 11 is 0. The van der Waals surface area contributed by atoms with Crippen molar-refractivity contribution in [3.63, 3.8) is 0 Å². The van der Waals surface area contributed by atoms with Crippen LogP contribution in [-0.2, 0) is 14.3 Å². The number of piperidine rings is 1. The molecule has 0 aliphatic carbocycles. The Hall–Kier alpha value is -0.610. The summed E-state index contributed by atoms with van der Waals surface area (Å²) in [7, 11) is 0. The van der Waals surface area contributed by atoms with Gasteiger partial charge in [-0.05, 0) is 58.4 Å². The maximum Gasteiger partial charge on any atom is 0.323 e. The third-order valence-corrected chi connectivity index (χ3v) is 3.93. The average molecular weight is 255 g/mol. The van der Waals surface area contributed by atoms with Crippen molar-refractivity contribution in [1.82, 2.24) is 5.32 Å². The summed E-state index contributed by atoms with van der Waals surface area (Å²) in [5.41, 5.74) is -0.107. The summed E-state index contributed by atoms with van der Waals surface area (Å²) in [6, 6.07) is -0.143. The lowest BCUT2D eigenvalue weighted by Gasteiger charge is -2.43. The van der Waals surface area contributed by atoms with Crippen LogP contribution in [-0.4, -0.2) is 37.4 Å². The maximum atomic E-state index is 12.1. The molecule has 1 atom stereocenters. The number of hydrogen-bond acceptors (Lipinski definition) is 4. The molecule has 2 rings (SSSR count). The van der Waals surface area contributed by atoms with E-state index in [-0.39, 0.29) is 12.0 Å². The Morgan fingerprint density at radius 2 is 1.94 bits per heavy atom. The Balaban J connectivity index is 1.95. The first-order valence-corrected chi connectivity index (χ1v) is 6.94. The lowest BCUT2D eigenvalue weighted by atomic mass is 9.70. The second kappa shape index (κ2) is 5.17. The number of rotatable bonds is 1. The lowest BCUT2D eigenvalue weighted by molar-refractivity contribution is -0.160. The average Bonchev–Trinajstić information content (AvgIpc) is 2.28. The van der Waals surface area contributed by atoms with Crippen LogP contribution in [0.4, 0.5) is 0 Å². The third kappa shape index (κ3) is 3.45. The molecule has 2 aliphatic heterocycles. The van der Waals surface area contributed by atoms with Gasteiger partial charge in [-0.15, -0.1) is 0 Å². The summed E-state index contributed by atoms with van der Waals surface area (Å²) in [6.45, 7) is 8.32. The summed E-state index contributed by atoms with van der Waals surface area (Å²) in [6.07, 6.45) is 4.20. The highest BCUT2D eigenvalue weighted by Gasteiger charge is 2.41. The molecule has 4 heteroatoms. The summed E-state index contributed by atoms with van der Waals surface area (Å²) in [5.74, 6) is -0.104. The smallest absolute Gasteiger partial charge is 0.323 e. The van der Waals surface area contributed by atoms with Crippen LogP contribution >= 0.6 is 0 Å². The summed E-state index contributed by atoms with van der Waals surface area (Å²) in [5, 5.41) is 3.30. The van der Waals surface area contributed by atoms with Crippen LogP contribution in [0.15, 0.2) is 0 Å².